The summed E-state index contributed by atoms with van der Waals surface area (Å²) in [6.45, 7) is 5.63. The zero-order valence-corrected chi connectivity index (χ0v) is 17.8. The molecule has 4 rings (SSSR count). The molecule has 3 atom stereocenters. The first-order chi connectivity index (χ1) is 15.1. The second-order valence-electron chi connectivity index (χ2n) is 8.07. The molecule has 0 spiro atoms. The summed E-state index contributed by atoms with van der Waals surface area (Å²) in [6.07, 6.45) is 0.0966. The molecule has 2 aromatic carbocycles. The molecule has 166 valence electrons. The number of hydrogen-bond acceptors (Lipinski definition) is 6. The largest absolute Gasteiger partial charge is 0.392 e. The molecule has 0 radical (unpaired) electrons. The number of benzene rings is 2. The smallest absolute Gasteiger partial charge is 0.221 e. The monoisotopic (exact) mass is 426 g/mol. The van der Waals surface area contributed by atoms with E-state index in [1.807, 2.05) is 48.5 Å². The normalized spacial score (nSPS) is 24.6. The molecule has 7 heteroatoms. The first kappa shape index (κ1) is 21.9. The number of nitrogens with one attached hydrogen (secondary N) is 1. The van der Waals surface area contributed by atoms with Gasteiger partial charge in [-0.15, -0.1) is 0 Å². The maximum Gasteiger partial charge on any atom is 0.221 e. The van der Waals surface area contributed by atoms with E-state index in [9.17, 15) is 9.90 Å². The Bertz CT molecular complexity index is 867. The number of rotatable bonds is 6. The third-order valence-electron chi connectivity index (χ3n) is 5.66. The Hall–Kier alpha value is -2.29. The average Bonchev–Trinajstić information content (AvgIpc) is 2.79. The van der Waals surface area contributed by atoms with Crippen LogP contribution in [0.15, 0.2) is 48.5 Å². The van der Waals surface area contributed by atoms with E-state index in [1.54, 1.807) is 0 Å². The minimum atomic E-state index is -0.531. The number of hydrogen-bond donors (Lipinski definition) is 2. The number of morpholine rings is 1. The van der Waals surface area contributed by atoms with Crippen LogP contribution in [0.3, 0.4) is 0 Å². The maximum absolute atomic E-state index is 11.5. The molecule has 1 amide bonds. The highest BCUT2D eigenvalue weighted by Crippen LogP contribution is 2.38. The number of nitrogens with zero attached hydrogens (tertiary/aromatic N) is 1. The minimum absolute atomic E-state index is 0.00351. The fourth-order valence-corrected chi connectivity index (χ4v) is 4.07. The summed E-state index contributed by atoms with van der Waals surface area (Å²) in [6, 6.07) is 15.5. The number of carbonyl (C=O) groups excluding carboxylic acids is 1. The van der Waals surface area contributed by atoms with Crippen molar-refractivity contribution in [3.05, 3.63) is 65.2 Å². The van der Waals surface area contributed by atoms with Crippen molar-refractivity contribution in [1.29, 1.82) is 0 Å². The van der Waals surface area contributed by atoms with Gasteiger partial charge in [-0.3, -0.25) is 9.69 Å². The summed E-state index contributed by atoms with van der Waals surface area (Å²) >= 11 is 0. The third kappa shape index (κ3) is 5.90. The highest BCUT2D eigenvalue weighted by atomic mass is 16.7. The highest BCUT2D eigenvalue weighted by Gasteiger charge is 2.33. The molecule has 3 unspecified atom stereocenters. The fourth-order valence-electron chi connectivity index (χ4n) is 4.07. The quantitative estimate of drug-likeness (QED) is 0.739. The standard InChI is InChI=1S/C24H30N2O5/c1-17(28)25-21-4-2-3-20(13-21)24-30-22(15-26-9-11-29-12-10-26)14-23(31-24)19-7-5-18(16-27)6-8-19/h2-8,13,22-24,27H,9-12,14-16H2,1H3,(H,25,28). The van der Waals surface area contributed by atoms with Gasteiger partial charge in [0.05, 0.1) is 32.0 Å². The van der Waals surface area contributed by atoms with E-state index in [2.05, 4.69) is 10.2 Å². The van der Waals surface area contributed by atoms with Gasteiger partial charge in [0.2, 0.25) is 5.91 Å². The van der Waals surface area contributed by atoms with Crippen molar-refractivity contribution in [3.63, 3.8) is 0 Å². The van der Waals surface area contributed by atoms with Crippen molar-refractivity contribution in [1.82, 2.24) is 4.90 Å². The summed E-state index contributed by atoms with van der Waals surface area (Å²) in [4.78, 5) is 13.8. The fraction of sp³-hybridized carbons (Fsp3) is 0.458. The first-order valence-electron chi connectivity index (χ1n) is 10.8. The van der Waals surface area contributed by atoms with Gasteiger partial charge in [0, 0.05) is 44.2 Å². The van der Waals surface area contributed by atoms with Crippen LogP contribution in [0, 0.1) is 0 Å². The lowest BCUT2D eigenvalue weighted by Gasteiger charge is -2.39. The van der Waals surface area contributed by atoms with Crippen LogP contribution >= 0.6 is 0 Å². The summed E-state index contributed by atoms with van der Waals surface area (Å²) in [5.41, 5.74) is 3.53. The van der Waals surface area contributed by atoms with Gasteiger partial charge in [-0.1, -0.05) is 36.4 Å². The van der Waals surface area contributed by atoms with Crippen molar-refractivity contribution in [2.45, 2.75) is 38.4 Å². The van der Waals surface area contributed by atoms with Gasteiger partial charge in [-0.05, 0) is 23.3 Å². The lowest BCUT2D eigenvalue weighted by atomic mass is 9.99. The zero-order chi connectivity index (χ0) is 21.6. The molecular weight excluding hydrogens is 396 g/mol. The van der Waals surface area contributed by atoms with Crippen molar-refractivity contribution in [2.75, 3.05) is 38.2 Å². The molecule has 7 nitrogen and oxygen atoms in total. The van der Waals surface area contributed by atoms with E-state index in [1.165, 1.54) is 6.92 Å². The molecule has 0 aliphatic carbocycles. The molecule has 2 aliphatic rings. The summed E-state index contributed by atoms with van der Waals surface area (Å²) in [5.74, 6) is -0.116. The first-order valence-corrected chi connectivity index (χ1v) is 10.8. The van der Waals surface area contributed by atoms with Gasteiger partial charge in [-0.25, -0.2) is 0 Å². The molecular formula is C24H30N2O5. The molecule has 2 fully saturated rings. The predicted molar refractivity (Wildman–Crippen MR) is 116 cm³/mol. The molecule has 0 bridgehead atoms. The predicted octanol–water partition coefficient (Wildman–Crippen LogP) is 3.01. The summed E-state index contributed by atoms with van der Waals surface area (Å²) in [7, 11) is 0. The second kappa shape index (κ2) is 10.3. The Morgan fingerprint density at radius 3 is 2.58 bits per heavy atom. The summed E-state index contributed by atoms with van der Waals surface area (Å²) < 4.78 is 18.2. The zero-order valence-electron chi connectivity index (χ0n) is 17.8. The SMILES string of the molecule is CC(=O)Nc1cccc(C2OC(CN3CCOCC3)CC(c3ccc(CO)cc3)O2)c1. The van der Waals surface area contributed by atoms with Crippen molar-refractivity contribution in [2.24, 2.45) is 0 Å². The van der Waals surface area contributed by atoms with Crippen LogP contribution < -0.4 is 5.32 Å². The number of amides is 1. The van der Waals surface area contributed by atoms with Gasteiger partial charge in [0.1, 0.15) is 0 Å². The Labute approximate surface area is 182 Å². The number of aliphatic hydroxyl groups excluding tert-OH is 1. The van der Waals surface area contributed by atoms with Crippen molar-refractivity contribution >= 4 is 11.6 Å². The van der Waals surface area contributed by atoms with Crippen LogP contribution in [0.1, 0.15) is 42.4 Å². The Morgan fingerprint density at radius 1 is 1.10 bits per heavy atom. The number of aliphatic hydroxyl groups is 1. The lowest BCUT2D eigenvalue weighted by Crippen LogP contribution is -2.44. The van der Waals surface area contributed by atoms with Crippen molar-refractivity contribution in [3.8, 4) is 0 Å². The van der Waals surface area contributed by atoms with E-state index in [4.69, 9.17) is 14.2 Å². The summed E-state index contributed by atoms with van der Waals surface area (Å²) in [5, 5.41) is 12.2. The second-order valence-corrected chi connectivity index (χ2v) is 8.07. The van der Waals surface area contributed by atoms with Crippen molar-refractivity contribution < 1.29 is 24.1 Å². The van der Waals surface area contributed by atoms with E-state index < -0.39 is 6.29 Å². The third-order valence-corrected chi connectivity index (χ3v) is 5.66. The molecule has 2 saturated heterocycles. The van der Waals surface area contributed by atoms with Crippen LogP contribution in [0.25, 0.3) is 0 Å². The number of ether oxygens (including phenoxy) is 3. The van der Waals surface area contributed by atoms with Crippen LogP contribution in [0.4, 0.5) is 5.69 Å². The van der Waals surface area contributed by atoms with Gasteiger partial charge >= 0.3 is 0 Å². The Balaban J connectivity index is 1.55. The topological polar surface area (TPSA) is 80.3 Å². The van der Waals surface area contributed by atoms with Gasteiger partial charge < -0.3 is 24.6 Å². The van der Waals surface area contributed by atoms with Gasteiger partial charge in [0.25, 0.3) is 0 Å². The van der Waals surface area contributed by atoms with E-state index in [-0.39, 0.29) is 24.7 Å². The van der Waals surface area contributed by atoms with Gasteiger partial charge in [0.15, 0.2) is 6.29 Å². The molecule has 31 heavy (non-hydrogen) atoms. The molecule has 2 aliphatic heterocycles. The minimum Gasteiger partial charge on any atom is -0.392 e. The molecule has 0 aromatic heterocycles. The van der Waals surface area contributed by atoms with E-state index >= 15 is 0 Å². The Kier molecular flexibility index (Phi) is 7.32. The average molecular weight is 427 g/mol. The molecule has 2 heterocycles. The van der Waals surface area contributed by atoms with Gasteiger partial charge in [-0.2, -0.15) is 0 Å². The van der Waals surface area contributed by atoms with Crippen LogP contribution in [0.5, 0.6) is 0 Å². The lowest BCUT2D eigenvalue weighted by molar-refractivity contribution is -0.253. The number of anilines is 1. The maximum atomic E-state index is 11.5. The highest BCUT2D eigenvalue weighted by molar-refractivity contribution is 5.88. The van der Waals surface area contributed by atoms with Crippen LogP contribution in [-0.2, 0) is 25.6 Å². The van der Waals surface area contributed by atoms with Crippen LogP contribution in [0.2, 0.25) is 0 Å². The molecule has 2 N–H and O–H groups in total. The molecule has 2 aromatic rings. The van der Waals surface area contributed by atoms with Crippen LogP contribution in [-0.4, -0.2) is 54.9 Å². The number of carbonyl (C=O) groups is 1. The molecule has 0 saturated carbocycles. The Morgan fingerprint density at radius 2 is 1.87 bits per heavy atom. The van der Waals surface area contributed by atoms with E-state index in [0.717, 1.165) is 61.6 Å². The van der Waals surface area contributed by atoms with E-state index in [0.29, 0.717) is 0 Å².